The Bertz CT molecular complexity index is 1750. The number of pyridine rings is 1. The molecule has 19 heteroatoms. The molecule has 16 nitrogen and oxygen atoms in total. The topological polar surface area (TPSA) is 205 Å². The maximum atomic E-state index is 14.3. The fraction of sp³-hybridized carbons (Fsp3) is 0.483. The second-order valence-corrected chi connectivity index (χ2v) is 12.8. The first-order valence-corrected chi connectivity index (χ1v) is 16.4. The molecule has 3 aliphatic rings. The summed E-state index contributed by atoms with van der Waals surface area (Å²) in [5.41, 5.74) is -1.98. The zero-order chi connectivity index (χ0) is 34.8. The number of hydrogen-bond donors (Lipinski definition) is 3. The van der Waals surface area contributed by atoms with Gasteiger partial charge in [0.15, 0.2) is 11.3 Å². The number of rotatable bonds is 11. The van der Waals surface area contributed by atoms with Crippen LogP contribution in [0.1, 0.15) is 72.0 Å². The van der Waals surface area contributed by atoms with Gasteiger partial charge in [-0.2, -0.15) is 0 Å². The first-order valence-electron chi connectivity index (χ1n) is 14.9. The largest absolute Gasteiger partial charge is 0.511 e. The van der Waals surface area contributed by atoms with Gasteiger partial charge in [0.2, 0.25) is 18.0 Å². The van der Waals surface area contributed by atoms with E-state index >= 15 is 0 Å². The number of fused-ring (bicyclic) bond motifs is 5. The zero-order valence-corrected chi connectivity index (χ0v) is 26.7. The maximum Gasteiger partial charge on any atom is 0.511 e. The molecule has 2 amide bonds. The molecule has 3 atom stereocenters. The first-order chi connectivity index (χ1) is 22.7. The summed E-state index contributed by atoms with van der Waals surface area (Å²) in [6.07, 6.45) is 1.32. The molecule has 1 saturated heterocycles. The molecule has 0 radical (unpaired) electrons. The number of hydrogen-bond acceptors (Lipinski definition) is 11. The summed E-state index contributed by atoms with van der Waals surface area (Å²) in [6, 6.07) is 1.90. The average Bonchev–Trinajstić information content (AvgIpc) is 3.35. The number of phosphoric ester groups is 1. The summed E-state index contributed by atoms with van der Waals surface area (Å²) >= 11 is 0. The van der Waals surface area contributed by atoms with Gasteiger partial charge in [-0.1, -0.05) is 11.2 Å². The number of benzene rings is 1. The summed E-state index contributed by atoms with van der Waals surface area (Å²) in [5, 5.41) is 6.60. The van der Waals surface area contributed by atoms with Crippen LogP contribution in [0, 0.1) is 11.6 Å². The van der Waals surface area contributed by atoms with Crippen LogP contribution in [0.2, 0.25) is 0 Å². The molecule has 0 unspecified atom stereocenters. The second-order valence-electron chi connectivity index (χ2n) is 11.6. The lowest BCUT2D eigenvalue weighted by Gasteiger charge is -2.42. The highest BCUT2D eigenvalue weighted by Crippen LogP contribution is 2.46. The monoisotopic (exact) mass is 698 g/mol. The van der Waals surface area contributed by atoms with Crippen molar-refractivity contribution >= 4 is 31.5 Å². The lowest BCUT2D eigenvalue weighted by molar-refractivity contribution is -0.0658. The van der Waals surface area contributed by atoms with E-state index in [2.05, 4.69) is 15.0 Å². The highest BCUT2D eigenvalue weighted by molar-refractivity contribution is 7.46. The van der Waals surface area contributed by atoms with Crippen LogP contribution in [-0.2, 0) is 29.9 Å². The molecule has 0 aliphatic carbocycles. The molecule has 3 aliphatic heterocycles. The van der Waals surface area contributed by atoms with Gasteiger partial charge in [0.1, 0.15) is 17.2 Å². The van der Waals surface area contributed by atoms with Crippen LogP contribution in [0.25, 0.3) is 0 Å². The third-order valence-electron chi connectivity index (χ3n) is 8.27. The van der Waals surface area contributed by atoms with E-state index in [9.17, 15) is 32.5 Å². The first kappa shape index (κ1) is 34.9. The van der Waals surface area contributed by atoms with E-state index in [4.69, 9.17) is 28.8 Å². The highest BCUT2D eigenvalue weighted by atomic mass is 31.2. The van der Waals surface area contributed by atoms with E-state index in [0.29, 0.717) is 31.0 Å². The minimum absolute atomic E-state index is 0.0472. The Labute approximate surface area is 271 Å². The SMILES string of the molecule is CC1=NO[C@@]2(CC[C@H](C)N3C[C@H]2n2cc(C(=O)NCc4ccc(F)cc4F)c(=O)c(OCOC(=O)OCCCOP(=O)(O)O)c2C3=O)C1. The molecule has 0 saturated carbocycles. The van der Waals surface area contributed by atoms with Gasteiger partial charge in [-0.3, -0.25) is 18.9 Å². The van der Waals surface area contributed by atoms with Crippen molar-refractivity contribution in [2.24, 2.45) is 5.16 Å². The average molecular weight is 699 g/mol. The molecule has 48 heavy (non-hydrogen) atoms. The van der Waals surface area contributed by atoms with Gasteiger partial charge >= 0.3 is 14.0 Å². The molecular weight excluding hydrogens is 665 g/mol. The molecular formula is C29H33F2N4O12P. The molecule has 1 fully saturated rings. The minimum Gasteiger partial charge on any atom is -0.451 e. The number of nitrogens with one attached hydrogen (secondary N) is 1. The smallest absolute Gasteiger partial charge is 0.451 e. The summed E-state index contributed by atoms with van der Waals surface area (Å²) < 4.78 is 59.3. The van der Waals surface area contributed by atoms with Crippen molar-refractivity contribution in [2.45, 2.75) is 63.8 Å². The Kier molecular flexibility index (Phi) is 10.2. The van der Waals surface area contributed by atoms with Crippen LogP contribution in [0.5, 0.6) is 5.75 Å². The predicted molar refractivity (Wildman–Crippen MR) is 159 cm³/mol. The summed E-state index contributed by atoms with van der Waals surface area (Å²) in [4.78, 5) is 78.2. The Morgan fingerprint density at radius 1 is 1.21 bits per heavy atom. The number of halogens is 2. The normalized spacial score (nSPS) is 21.6. The van der Waals surface area contributed by atoms with E-state index in [1.807, 2.05) is 6.92 Å². The van der Waals surface area contributed by atoms with Crippen LogP contribution in [0.3, 0.4) is 0 Å². The van der Waals surface area contributed by atoms with Crippen molar-refractivity contribution in [1.29, 1.82) is 0 Å². The summed E-state index contributed by atoms with van der Waals surface area (Å²) in [5.74, 6) is -3.85. The molecule has 5 rings (SSSR count). The highest BCUT2D eigenvalue weighted by Gasteiger charge is 2.54. The van der Waals surface area contributed by atoms with Crippen molar-refractivity contribution in [3.05, 3.63) is 63.1 Å². The molecule has 3 N–H and O–H groups in total. The number of phosphoric acid groups is 1. The van der Waals surface area contributed by atoms with Crippen molar-refractivity contribution in [3.63, 3.8) is 0 Å². The van der Waals surface area contributed by atoms with Crippen molar-refractivity contribution in [1.82, 2.24) is 14.8 Å². The van der Waals surface area contributed by atoms with Crippen LogP contribution in [0.15, 0.2) is 34.3 Å². The summed E-state index contributed by atoms with van der Waals surface area (Å²) in [7, 11) is -4.69. The number of ether oxygens (including phenoxy) is 3. The van der Waals surface area contributed by atoms with Gasteiger partial charge in [0, 0.05) is 49.8 Å². The summed E-state index contributed by atoms with van der Waals surface area (Å²) in [6.45, 7) is 1.74. The van der Waals surface area contributed by atoms with Gasteiger partial charge < -0.3 is 43.6 Å². The van der Waals surface area contributed by atoms with Gasteiger partial charge in [-0.25, -0.2) is 18.1 Å². The van der Waals surface area contributed by atoms with Gasteiger partial charge in [-0.15, -0.1) is 0 Å². The van der Waals surface area contributed by atoms with Crippen LogP contribution >= 0.6 is 7.82 Å². The van der Waals surface area contributed by atoms with Gasteiger partial charge in [-0.05, 0) is 32.8 Å². The number of carbonyl (C=O) groups is 3. The van der Waals surface area contributed by atoms with Crippen molar-refractivity contribution < 1.29 is 61.1 Å². The molecule has 260 valence electrons. The molecule has 4 heterocycles. The minimum atomic E-state index is -4.69. The number of aromatic nitrogens is 1. The second kappa shape index (κ2) is 14.0. The molecule has 1 aromatic heterocycles. The fourth-order valence-electron chi connectivity index (χ4n) is 5.92. The van der Waals surface area contributed by atoms with E-state index in [-0.39, 0.29) is 36.9 Å². The Hall–Kier alpha value is -4.38. The van der Waals surface area contributed by atoms with E-state index in [1.165, 1.54) is 10.8 Å². The van der Waals surface area contributed by atoms with Crippen molar-refractivity contribution in [2.75, 3.05) is 26.6 Å². The van der Waals surface area contributed by atoms with Gasteiger partial charge in [0.05, 0.1) is 25.0 Å². The van der Waals surface area contributed by atoms with Crippen molar-refractivity contribution in [3.8, 4) is 5.75 Å². The third-order valence-corrected chi connectivity index (χ3v) is 8.79. The van der Waals surface area contributed by atoms with E-state index in [1.54, 1.807) is 11.8 Å². The van der Waals surface area contributed by atoms with Crippen LogP contribution in [0.4, 0.5) is 13.6 Å². The number of oxime groups is 1. The molecule has 2 aromatic rings. The Balaban J connectivity index is 1.44. The number of nitrogens with zero attached hydrogens (tertiary/aromatic N) is 3. The number of amides is 2. The lowest BCUT2D eigenvalue weighted by Crippen LogP contribution is -2.52. The zero-order valence-electron chi connectivity index (χ0n) is 25.8. The standard InChI is InChI=1S/C29H33F2N4O12P/c1-16-11-29(47-33-16)7-6-17(2)34-14-22(29)35-13-20(26(37)32-12-18-4-5-19(30)10-21(18)31)24(36)25(23(35)27(34)38)44-15-45-28(39)43-8-3-9-46-48(40,41)42/h4-5,10,13,17,22H,3,6-9,11-12,14-15H2,1-2H3,(H,32,37)(H2,40,41,42)/t17-,22+,29-/m0/s1. The molecule has 2 bridgehead atoms. The van der Waals surface area contributed by atoms with Crippen LogP contribution < -0.4 is 15.5 Å². The van der Waals surface area contributed by atoms with E-state index < -0.39 is 85.8 Å². The quantitative estimate of drug-likeness (QED) is 0.134. The van der Waals surface area contributed by atoms with Gasteiger partial charge in [0.25, 0.3) is 11.8 Å². The molecule has 1 aromatic carbocycles. The van der Waals surface area contributed by atoms with E-state index in [0.717, 1.165) is 12.1 Å². The molecule has 1 spiro atoms. The third kappa shape index (κ3) is 7.51. The lowest BCUT2D eigenvalue weighted by atomic mass is 9.84. The maximum absolute atomic E-state index is 14.3. The Morgan fingerprint density at radius 3 is 2.67 bits per heavy atom. The fourth-order valence-corrected chi connectivity index (χ4v) is 6.29. The number of carbonyl (C=O) groups excluding carboxylic acids is 3. The Morgan fingerprint density at radius 2 is 1.98 bits per heavy atom. The predicted octanol–water partition coefficient (Wildman–Crippen LogP) is 2.76. The van der Waals surface area contributed by atoms with Crippen LogP contribution in [-0.4, -0.2) is 81.1 Å².